The Morgan fingerprint density at radius 2 is 1.86 bits per heavy atom. The summed E-state index contributed by atoms with van der Waals surface area (Å²) in [5.74, 6) is -1.77. The first-order chi connectivity index (χ1) is 23.5. The summed E-state index contributed by atoms with van der Waals surface area (Å²) in [5.41, 5.74) is 2.25. The summed E-state index contributed by atoms with van der Waals surface area (Å²) >= 11 is 0. The van der Waals surface area contributed by atoms with Crippen LogP contribution in [0.5, 0.6) is 5.75 Å². The molecule has 0 spiro atoms. The zero-order valence-electron chi connectivity index (χ0n) is 25.8. The second-order valence-electron chi connectivity index (χ2n) is 12.1. The molecule has 1 N–H and O–H groups in total. The average molecular weight is 693 g/mol. The molecule has 49 heavy (non-hydrogen) atoms. The number of benzene rings is 2. The fraction of sp³-hybridized carbons (Fsp3) is 0.375. The van der Waals surface area contributed by atoms with Crippen molar-refractivity contribution in [2.75, 3.05) is 19.7 Å². The Labute approximate surface area is 279 Å². The van der Waals surface area contributed by atoms with Gasteiger partial charge in [-0.2, -0.15) is 23.5 Å². The highest BCUT2D eigenvalue weighted by Crippen LogP contribution is 2.34. The second-order valence-corrected chi connectivity index (χ2v) is 13.0. The van der Waals surface area contributed by atoms with E-state index >= 15 is 0 Å². The highest BCUT2D eigenvalue weighted by molar-refractivity contribution is 6.15. The van der Waals surface area contributed by atoms with Crippen LogP contribution in [0.3, 0.4) is 0 Å². The number of fused-ring (bicyclic) bond motifs is 1. The summed E-state index contributed by atoms with van der Waals surface area (Å²) in [6.45, 7) is 2.70. The SMILES string of the molecule is N#Cc1ccc(COc2cc(C3CCN(Cc4nc5cc(-c6n[nH]c(C(F)(F)F)n6)nnc5n4C[C@]4([Si])CCO4)CC3)ccc2F)c(F)c1. The van der Waals surface area contributed by atoms with Gasteiger partial charge in [-0.1, -0.05) is 12.1 Å². The first-order valence-corrected chi connectivity index (χ1v) is 15.9. The molecule has 1 atom stereocenters. The summed E-state index contributed by atoms with van der Waals surface area (Å²) in [5, 5.41) is 22.3. The number of halogens is 5. The van der Waals surface area contributed by atoms with Crippen LogP contribution in [0.15, 0.2) is 42.5 Å². The Morgan fingerprint density at radius 3 is 2.53 bits per heavy atom. The molecule has 0 unspecified atom stereocenters. The van der Waals surface area contributed by atoms with Gasteiger partial charge in [-0.15, -0.1) is 10.2 Å². The number of piperidine rings is 1. The van der Waals surface area contributed by atoms with Gasteiger partial charge >= 0.3 is 6.18 Å². The van der Waals surface area contributed by atoms with Crippen LogP contribution < -0.4 is 4.74 Å². The molecule has 251 valence electrons. The van der Waals surface area contributed by atoms with E-state index in [1.807, 2.05) is 15.7 Å². The van der Waals surface area contributed by atoms with Gasteiger partial charge in [-0.25, -0.2) is 18.7 Å². The molecule has 0 amide bonds. The molecule has 7 rings (SSSR count). The van der Waals surface area contributed by atoms with Gasteiger partial charge in [0, 0.05) is 12.2 Å². The van der Waals surface area contributed by atoms with Crippen LogP contribution in [0.4, 0.5) is 22.0 Å². The molecule has 2 fully saturated rings. The van der Waals surface area contributed by atoms with Crippen molar-refractivity contribution in [1.82, 2.24) is 39.8 Å². The molecule has 2 aromatic carbocycles. The lowest BCUT2D eigenvalue weighted by molar-refractivity contribution is -0.144. The van der Waals surface area contributed by atoms with E-state index in [-0.39, 0.29) is 40.9 Å². The van der Waals surface area contributed by atoms with E-state index in [9.17, 15) is 22.0 Å². The topological polar surface area (TPSA) is 131 Å². The van der Waals surface area contributed by atoms with Crippen molar-refractivity contribution in [3.8, 4) is 23.3 Å². The number of imidazole rings is 1. The van der Waals surface area contributed by atoms with E-state index in [4.69, 9.17) is 19.7 Å². The summed E-state index contributed by atoms with van der Waals surface area (Å²) in [4.78, 5) is 10.6. The van der Waals surface area contributed by atoms with Gasteiger partial charge in [-0.05, 0) is 74.2 Å². The summed E-state index contributed by atoms with van der Waals surface area (Å²) in [6.07, 6.45) is -2.37. The van der Waals surface area contributed by atoms with E-state index in [0.29, 0.717) is 49.8 Å². The zero-order valence-corrected chi connectivity index (χ0v) is 26.8. The maximum atomic E-state index is 14.7. The fourth-order valence-corrected chi connectivity index (χ4v) is 6.36. The van der Waals surface area contributed by atoms with Gasteiger partial charge in [0.15, 0.2) is 17.2 Å². The summed E-state index contributed by atoms with van der Waals surface area (Å²) < 4.78 is 81.5. The van der Waals surface area contributed by atoms with Crippen LogP contribution in [-0.2, 0) is 30.6 Å². The van der Waals surface area contributed by atoms with Crippen molar-refractivity contribution in [2.24, 2.45) is 0 Å². The quantitative estimate of drug-likeness (QED) is 0.167. The van der Waals surface area contributed by atoms with Crippen LogP contribution in [0.1, 0.15) is 53.5 Å². The summed E-state index contributed by atoms with van der Waals surface area (Å²) in [6, 6.07) is 12.2. The second kappa shape index (κ2) is 12.9. The molecule has 0 saturated carbocycles. The maximum Gasteiger partial charge on any atom is 0.451 e. The number of likely N-dealkylation sites (tertiary alicyclic amines) is 1. The number of ether oxygens (including phenoxy) is 2. The minimum atomic E-state index is -4.68. The number of rotatable bonds is 9. The highest BCUT2D eigenvalue weighted by atomic mass is 28.1. The Bertz CT molecular complexity index is 2050. The predicted octanol–water partition coefficient (Wildman–Crippen LogP) is 5.02. The monoisotopic (exact) mass is 692 g/mol. The van der Waals surface area contributed by atoms with Crippen molar-refractivity contribution in [3.63, 3.8) is 0 Å². The van der Waals surface area contributed by atoms with Crippen molar-refractivity contribution in [1.29, 1.82) is 5.26 Å². The average Bonchev–Trinajstić information content (AvgIpc) is 3.70. The molecule has 2 saturated heterocycles. The van der Waals surface area contributed by atoms with E-state index in [2.05, 4.69) is 35.4 Å². The minimum Gasteiger partial charge on any atom is -0.486 e. The van der Waals surface area contributed by atoms with Crippen LogP contribution in [0.2, 0.25) is 0 Å². The fourth-order valence-electron chi connectivity index (χ4n) is 6.00. The molecule has 17 heteroatoms. The number of aromatic nitrogens is 7. The van der Waals surface area contributed by atoms with E-state index in [1.54, 1.807) is 12.1 Å². The predicted molar refractivity (Wildman–Crippen MR) is 164 cm³/mol. The van der Waals surface area contributed by atoms with Crippen LogP contribution >= 0.6 is 0 Å². The Balaban J connectivity index is 1.05. The molecule has 5 heterocycles. The van der Waals surface area contributed by atoms with Gasteiger partial charge < -0.3 is 14.0 Å². The largest absolute Gasteiger partial charge is 0.486 e. The molecule has 3 aromatic heterocycles. The zero-order chi connectivity index (χ0) is 34.3. The van der Waals surface area contributed by atoms with E-state index < -0.39 is 28.9 Å². The first-order valence-electron chi connectivity index (χ1n) is 15.4. The smallest absolute Gasteiger partial charge is 0.451 e. The summed E-state index contributed by atoms with van der Waals surface area (Å²) in [7, 11) is 3.72. The molecule has 5 aromatic rings. The molecular formula is C32H27F5N9O2Si. The molecule has 0 aliphatic carbocycles. The third-order valence-electron chi connectivity index (χ3n) is 8.80. The van der Waals surface area contributed by atoms with Gasteiger partial charge in [0.1, 0.15) is 29.5 Å². The Morgan fingerprint density at radius 1 is 1.06 bits per heavy atom. The number of nitrogens with one attached hydrogen (secondary N) is 1. The molecule has 3 radical (unpaired) electrons. The standard InChI is InChI=1S/C32H27F5N9O2Si/c33-22-4-3-20(12-26(22)47-16-21-2-1-18(14-38)11-23(21)34)19-5-8-45(9-6-19)15-27-39-25-13-24(28-40-30(44-42-28)32(35,36)37)41-43-29(25)46(27)17-31(49)7-10-48-31/h1-4,11-13,19H,5-10,15-17H2,(H,40,42,44)/t31-/m1/s1. The third-order valence-corrected chi connectivity index (χ3v) is 9.35. The highest BCUT2D eigenvalue weighted by Gasteiger charge is 2.37. The lowest BCUT2D eigenvalue weighted by Crippen LogP contribution is -2.48. The van der Waals surface area contributed by atoms with Gasteiger partial charge in [-0.3, -0.25) is 10.00 Å². The van der Waals surface area contributed by atoms with Crippen molar-refractivity contribution < 1.29 is 31.4 Å². The van der Waals surface area contributed by atoms with Crippen LogP contribution in [0.25, 0.3) is 22.7 Å². The van der Waals surface area contributed by atoms with Gasteiger partial charge in [0.05, 0.1) is 40.2 Å². The number of hydrogen-bond acceptors (Lipinski definition) is 9. The van der Waals surface area contributed by atoms with Crippen LogP contribution in [-0.4, -0.2) is 75.0 Å². The number of nitriles is 1. The number of hydrogen-bond donors (Lipinski definition) is 1. The lowest BCUT2D eigenvalue weighted by atomic mass is 9.89. The molecule has 0 bridgehead atoms. The van der Waals surface area contributed by atoms with E-state index in [1.165, 1.54) is 24.3 Å². The first kappa shape index (κ1) is 32.7. The van der Waals surface area contributed by atoms with E-state index in [0.717, 1.165) is 30.9 Å². The molecule has 2 aliphatic rings. The van der Waals surface area contributed by atoms with Crippen molar-refractivity contribution in [3.05, 3.63) is 82.4 Å². The van der Waals surface area contributed by atoms with Gasteiger partial charge in [0.2, 0.25) is 11.6 Å². The molecule has 2 aliphatic heterocycles. The number of nitrogens with zero attached hydrogens (tertiary/aromatic N) is 8. The number of alkyl halides is 3. The van der Waals surface area contributed by atoms with Crippen molar-refractivity contribution >= 4 is 21.4 Å². The maximum absolute atomic E-state index is 14.7. The lowest BCUT2D eigenvalue weighted by Gasteiger charge is -2.39. The van der Waals surface area contributed by atoms with Crippen LogP contribution in [0, 0.1) is 23.0 Å². The number of H-pyrrole nitrogens is 1. The minimum absolute atomic E-state index is 0.0271. The third kappa shape index (κ3) is 6.89. The van der Waals surface area contributed by atoms with Gasteiger partial charge in [0.25, 0.3) is 0 Å². The molecule has 11 nitrogen and oxygen atoms in total. The Hall–Kier alpha value is -4.79. The van der Waals surface area contributed by atoms with Crippen molar-refractivity contribution in [2.45, 2.75) is 56.3 Å². The Kier molecular flexibility index (Phi) is 8.63. The molecular weight excluding hydrogens is 665 g/mol. The number of aromatic amines is 1. The normalized spacial score (nSPS) is 18.8.